The van der Waals surface area contributed by atoms with E-state index in [9.17, 15) is 0 Å². The van der Waals surface area contributed by atoms with Gasteiger partial charge in [0.1, 0.15) is 5.01 Å². The van der Waals surface area contributed by atoms with Gasteiger partial charge in [0.05, 0.1) is 11.7 Å². The number of pyridine rings is 1. The van der Waals surface area contributed by atoms with Crippen LogP contribution in [0.25, 0.3) is 0 Å². The first-order valence-electron chi connectivity index (χ1n) is 6.15. The van der Waals surface area contributed by atoms with Crippen LogP contribution in [0, 0.1) is 0 Å². The van der Waals surface area contributed by atoms with Gasteiger partial charge in [-0.3, -0.25) is 4.98 Å². The summed E-state index contributed by atoms with van der Waals surface area (Å²) >= 11 is 5.15. The molecule has 0 bridgehead atoms. The van der Waals surface area contributed by atoms with E-state index in [1.807, 2.05) is 13.2 Å². The molecule has 2 heterocycles. The lowest BCUT2D eigenvalue weighted by molar-refractivity contribution is 0.566. The Hall–Kier alpha value is -0.780. The zero-order valence-corrected chi connectivity index (χ0v) is 14.0. The van der Waals surface area contributed by atoms with Gasteiger partial charge in [-0.2, -0.15) is 0 Å². The van der Waals surface area contributed by atoms with E-state index in [4.69, 9.17) is 4.98 Å². The van der Waals surface area contributed by atoms with Gasteiger partial charge in [0.15, 0.2) is 0 Å². The molecular weight excluding hydrogens is 322 g/mol. The standard InChI is InChI=1S/C14H18BrN3S/c1-14(2,3)11-8-19-13(18-11)12(16-4)9-5-10(15)7-17-6-9/h5-8,12,16H,1-4H3. The van der Waals surface area contributed by atoms with Crippen molar-refractivity contribution in [1.29, 1.82) is 0 Å². The van der Waals surface area contributed by atoms with E-state index >= 15 is 0 Å². The van der Waals surface area contributed by atoms with E-state index in [0.29, 0.717) is 0 Å². The van der Waals surface area contributed by atoms with Crippen LogP contribution in [0.3, 0.4) is 0 Å². The minimum absolute atomic E-state index is 0.0859. The van der Waals surface area contributed by atoms with Crippen molar-refractivity contribution in [1.82, 2.24) is 15.3 Å². The van der Waals surface area contributed by atoms with Gasteiger partial charge in [-0.1, -0.05) is 20.8 Å². The summed E-state index contributed by atoms with van der Waals surface area (Å²) < 4.78 is 0.984. The summed E-state index contributed by atoms with van der Waals surface area (Å²) in [7, 11) is 1.95. The van der Waals surface area contributed by atoms with Crippen molar-refractivity contribution >= 4 is 27.3 Å². The zero-order chi connectivity index (χ0) is 14.0. The second-order valence-corrected chi connectivity index (χ2v) is 7.28. The molecule has 0 amide bonds. The summed E-state index contributed by atoms with van der Waals surface area (Å²) in [6.45, 7) is 6.54. The van der Waals surface area contributed by atoms with Crippen LogP contribution in [0.4, 0.5) is 0 Å². The number of hydrogen-bond donors (Lipinski definition) is 1. The molecule has 5 heteroatoms. The Labute approximate surface area is 126 Å². The maximum Gasteiger partial charge on any atom is 0.114 e. The number of hydrogen-bond acceptors (Lipinski definition) is 4. The SMILES string of the molecule is CNC(c1cncc(Br)c1)c1nc(C(C)(C)C)cs1. The Morgan fingerprint density at radius 2 is 2.05 bits per heavy atom. The molecule has 0 fully saturated rings. The van der Waals surface area contributed by atoms with Crippen LogP contribution in [0.5, 0.6) is 0 Å². The maximum absolute atomic E-state index is 4.77. The molecule has 0 aliphatic heterocycles. The molecule has 0 radical (unpaired) electrons. The van der Waals surface area contributed by atoms with Crippen LogP contribution >= 0.6 is 27.3 Å². The Kier molecular flexibility index (Phi) is 4.38. The second-order valence-electron chi connectivity index (χ2n) is 5.48. The lowest BCUT2D eigenvalue weighted by Crippen LogP contribution is -2.19. The molecule has 0 aliphatic carbocycles. The zero-order valence-electron chi connectivity index (χ0n) is 11.6. The third-order valence-corrected chi connectivity index (χ3v) is 4.23. The average molecular weight is 340 g/mol. The van der Waals surface area contributed by atoms with Gasteiger partial charge in [-0.15, -0.1) is 11.3 Å². The molecule has 2 rings (SSSR count). The molecule has 2 aromatic heterocycles. The van der Waals surface area contributed by atoms with Gasteiger partial charge in [0.2, 0.25) is 0 Å². The molecule has 1 unspecified atom stereocenters. The molecule has 0 saturated carbocycles. The summed E-state index contributed by atoms with van der Waals surface area (Å²) in [6, 6.07) is 2.16. The van der Waals surface area contributed by atoms with Gasteiger partial charge in [-0.05, 0) is 34.6 Å². The summed E-state index contributed by atoms with van der Waals surface area (Å²) in [5, 5.41) is 6.53. The minimum Gasteiger partial charge on any atom is -0.307 e. The van der Waals surface area contributed by atoms with E-state index in [2.05, 4.69) is 58.4 Å². The van der Waals surface area contributed by atoms with Crippen LogP contribution in [-0.2, 0) is 5.41 Å². The van der Waals surface area contributed by atoms with Crippen molar-refractivity contribution in [3.8, 4) is 0 Å². The van der Waals surface area contributed by atoms with E-state index in [1.165, 1.54) is 0 Å². The first-order chi connectivity index (χ1) is 8.91. The van der Waals surface area contributed by atoms with Crippen LogP contribution in [0.2, 0.25) is 0 Å². The van der Waals surface area contributed by atoms with Crippen LogP contribution in [-0.4, -0.2) is 17.0 Å². The summed E-state index contributed by atoms with van der Waals surface area (Å²) in [4.78, 5) is 9.00. The highest BCUT2D eigenvalue weighted by Crippen LogP contribution is 2.30. The Morgan fingerprint density at radius 1 is 1.32 bits per heavy atom. The van der Waals surface area contributed by atoms with E-state index < -0.39 is 0 Å². The highest BCUT2D eigenvalue weighted by Gasteiger charge is 2.21. The van der Waals surface area contributed by atoms with Crippen molar-refractivity contribution < 1.29 is 0 Å². The Bertz CT molecular complexity index is 560. The Morgan fingerprint density at radius 3 is 2.58 bits per heavy atom. The van der Waals surface area contributed by atoms with Crippen molar-refractivity contribution in [2.45, 2.75) is 32.2 Å². The predicted molar refractivity (Wildman–Crippen MR) is 83.7 cm³/mol. The van der Waals surface area contributed by atoms with Crippen LogP contribution < -0.4 is 5.32 Å². The molecular formula is C14H18BrN3S. The third kappa shape index (κ3) is 3.41. The molecule has 0 saturated heterocycles. The van der Waals surface area contributed by atoms with E-state index in [1.54, 1.807) is 17.5 Å². The predicted octanol–water partition coefficient (Wildman–Crippen LogP) is 3.91. The highest BCUT2D eigenvalue weighted by molar-refractivity contribution is 9.10. The van der Waals surface area contributed by atoms with Gasteiger partial charge in [-0.25, -0.2) is 4.98 Å². The molecule has 102 valence electrons. The van der Waals surface area contributed by atoms with Gasteiger partial charge >= 0.3 is 0 Å². The lowest BCUT2D eigenvalue weighted by Gasteiger charge is -2.16. The lowest BCUT2D eigenvalue weighted by atomic mass is 9.93. The van der Waals surface area contributed by atoms with Gasteiger partial charge in [0.25, 0.3) is 0 Å². The van der Waals surface area contributed by atoms with E-state index in [0.717, 1.165) is 20.7 Å². The molecule has 0 spiro atoms. The first kappa shape index (κ1) is 14.6. The molecule has 0 aliphatic rings. The quantitative estimate of drug-likeness (QED) is 0.921. The summed E-state index contributed by atoms with van der Waals surface area (Å²) in [6.07, 6.45) is 3.67. The number of nitrogens with one attached hydrogen (secondary N) is 1. The number of rotatable bonds is 3. The van der Waals surface area contributed by atoms with Crippen molar-refractivity contribution in [3.05, 3.63) is 44.6 Å². The van der Waals surface area contributed by atoms with Crippen molar-refractivity contribution in [2.75, 3.05) is 7.05 Å². The van der Waals surface area contributed by atoms with Crippen molar-refractivity contribution in [2.24, 2.45) is 0 Å². The molecule has 1 atom stereocenters. The van der Waals surface area contributed by atoms with Crippen molar-refractivity contribution in [3.63, 3.8) is 0 Å². The second kappa shape index (κ2) is 5.69. The monoisotopic (exact) mass is 339 g/mol. The van der Waals surface area contributed by atoms with E-state index in [-0.39, 0.29) is 11.5 Å². The molecule has 2 aromatic rings. The average Bonchev–Trinajstić information content (AvgIpc) is 2.79. The number of aromatic nitrogens is 2. The molecule has 1 N–H and O–H groups in total. The fourth-order valence-corrected chi connectivity index (χ4v) is 3.35. The number of nitrogens with zero attached hydrogens (tertiary/aromatic N) is 2. The third-order valence-electron chi connectivity index (χ3n) is 2.89. The minimum atomic E-state index is 0.0859. The maximum atomic E-state index is 4.77. The normalized spacial score (nSPS) is 13.5. The fraction of sp³-hybridized carbons (Fsp3) is 0.429. The molecule has 19 heavy (non-hydrogen) atoms. The topological polar surface area (TPSA) is 37.8 Å². The summed E-state index contributed by atoms with van der Waals surface area (Å²) in [5.74, 6) is 0. The van der Waals surface area contributed by atoms with Crippen LogP contribution in [0.15, 0.2) is 28.3 Å². The van der Waals surface area contributed by atoms with Gasteiger partial charge < -0.3 is 5.32 Å². The smallest absolute Gasteiger partial charge is 0.114 e. The Balaban J connectivity index is 2.35. The molecule has 3 nitrogen and oxygen atoms in total. The van der Waals surface area contributed by atoms with Crippen LogP contribution in [0.1, 0.15) is 43.1 Å². The number of halogens is 1. The summed E-state index contributed by atoms with van der Waals surface area (Å²) in [5.41, 5.74) is 2.34. The fourth-order valence-electron chi connectivity index (χ4n) is 1.78. The first-order valence-corrected chi connectivity index (χ1v) is 7.82. The number of thiazole rings is 1. The molecule has 0 aromatic carbocycles. The highest BCUT2D eigenvalue weighted by atomic mass is 79.9. The largest absolute Gasteiger partial charge is 0.307 e. The van der Waals surface area contributed by atoms with Gasteiger partial charge in [0, 0.05) is 27.7 Å².